The maximum absolute atomic E-state index is 12.7. The number of sulfonamides is 1. The van der Waals surface area contributed by atoms with Crippen LogP contribution in [0.5, 0.6) is 5.75 Å². The number of nitrogens with zero attached hydrogens (tertiary/aromatic N) is 1. The molecule has 152 valence electrons. The van der Waals surface area contributed by atoms with E-state index in [1.807, 2.05) is 0 Å². The summed E-state index contributed by atoms with van der Waals surface area (Å²) in [6.45, 7) is 0. The van der Waals surface area contributed by atoms with Crippen molar-refractivity contribution in [3.05, 3.63) is 54.1 Å². The topological polar surface area (TPSA) is 114 Å². The van der Waals surface area contributed by atoms with Crippen LogP contribution < -0.4 is 14.9 Å². The third-order valence-corrected chi connectivity index (χ3v) is 5.76. The number of hydrogen-bond acceptors (Lipinski definition) is 6. The molecule has 8 nitrogen and oxygen atoms in total. The number of ketones is 1. The second-order valence-corrected chi connectivity index (χ2v) is 8.20. The molecular formula is C20H21N3O5S. The number of carbonyl (C=O) groups excluding carboxylic acids is 2. The van der Waals surface area contributed by atoms with Crippen LogP contribution in [0.15, 0.2) is 58.5 Å². The van der Waals surface area contributed by atoms with Gasteiger partial charge in [0.05, 0.1) is 17.7 Å². The van der Waals surface area contributed by atoms with E-state index in [0.29, 0.717) is 30.0 Å². The van der Waals surface area contributed by atoms with Crippen LogP contribution in [0.1, 0.15) is 36.0 Å². The molecule has 0 atom stereocenters. The van der Waals surface area contributed by atoms with Crippen LogP contribution >= 0.6 is 0 Å². The molecule has 1 saturated carbocycles. The maximum atomic E-state index is 12.7. The summed E-state index contributed by atoms with van der Waals surface area (Å²) in [6, 6.07) is 12.2. The van der Waals surface area contributed by atoms with Crippen molar-refractivity contribution < 1.29 is 22.7 Å². The lowest BCUT2D eigenvalue weighted by molar-refractivity contribution is -0.118. The van der Waals surface area contributed by atoms with Crippen LogP contribution in [0.3, 0.4) is 0 Å². The van der Waals surface area contributed by atoms with E-state index >= 15 is 0 Å². The first-order valence-corrected chi connectivity index (χ1v) is 10.5. The van der Waals surface area contributed by atoms with Gasteiger partial charge in [-0.3, -0.25) is 14.3 Å². The molecule has 0 saturated heterocycles. The van der Waals surface area contributed by atoms with Gasteiger partial charge >= 0.3 is 0 Å². The van der Waals surface area contributed by atoms with Crippen LogP contribution in [0.2, 0.25) is 0 Å². The van der Waals surface area contributed by atoms with E-state index in [1.54, 1.807) is 24.3 Å². The summed E-state index contributed by atoms with van der Waals surface area (Å²) in [5, 5.41) is 4.01. The molecule has 0 heterocycles. The highest BCUT2D eigenvalue weighted by atomic mass is 32.2. The lowest BCUT2D eigenvalue weighted by atomic mass is 9.97. The lowest BCUT2D eigenvalue weighted by Crippen LogP contribution is -2.23. The van der Waals surface area contributed by atoms with Crippen molar-refractivity contribution in [2.45, 2.75) is 30.6 Å². The number of Topliss-reactive ketones (excluding diaryl/α,β-unsaturated/α-hetero) is 1. The molecule has 0 unspecified atom stereocenters. The second kappa shape index (κ2) is 8.87. The highest BCUT2D eigenvalue weighted by molar-refractivity contribution is 7.92. The Morgan fingerprint density at radius 2 is 1.90 bits per heavy atom. The Morgan fingerprint density at radius 3 is 2.66 bits per heavy atom. The Kier molecular flexibility index (Phi) is 6.28. The van der Waals surface area contributed by atoms with Gasteiger partial charge in [-0.1, -0.05) is 18.2 Å². The first kappa shape index (κ1) is 20.5. The summed E-state index contributed by atoms with van der Waals surface area (Å²) in [7, 11) is -2.49. The quantitative estimate of drug-likeness (QED) is 0.704. The van der Waals surface area contributed by atoms with Gasteiger partial charge < -0.3 is 4.74 Å². The Bertz CT molecular complexity index is 1060. The molecule has 1 fully saturated rings. The number of nitrogens with one attached hydrogen (secondary N) is 2. The Labute approximate surface area is 169 Å². The van der Waals surface area contributed by atoms with Gasteiger partial charge in [-0.2, -0.15) is 5.10 Å². The van der Waals surface area contributed by atoms with Gasteiger partial charge in [0, 0.05) is 24.1 Å². The Morgan fingerprint density at radius 1 is 1.10 bits per heavy atom. The van der Waals surface area contributed by atoms with E-state index in [9.17, 15) is 18.0 Å². The van der Waals surface area contributed by atoms with E-state index < -0.39 is 15.9 Å². The molecule has 1 amide bonds. The molecule has 2 aromatic carbocycles. The standard InChI is InChI=1S/C20H21N3O5S/c1-28-19-11-3-2-10-18(19)23-29(26,27)17-9-4-6-14(12-17)20(25)22-21-15-7-5-8-16(24)13-15/h2-4,6,9-12,23H,5,7-8,13H2,1H3,(H,22,25)/b21-15-. The molecule has 0 bridgehead atoms. The summed E-state index contributed by atoms with van der Waals surface area (Å²) < 4.78 is 33.1. The van der Waals surface area contributed by atoms with Crippen molar-refractivity contribution >= 4 is 33.1 Å². The summed E-state index contributed by atoms with van der Waals surface area (Å²) in [5.74, 6) is -0.0764. The number of hydrazone groups is 1. The number of carbonyl (C=O) groups is 2. The van der Waals surface area contributed by atoms with Gasteiger partial charge in [-0.05, 0) is 43.2 Å². The van der Waals surface area contributed by atoms with Crippen LogP contribution in [0, 0.1) is 0 Å². The number of ether oxygens (including phenoxy) is 1. The van der Waals surface area contributed by atoms with Gasteiger partial charge in [0.15, 0.2) is 0 Å². The van der Waals surface area contributed by atoms with E-state index in [2.05, 4.69) is 15.2 Å². The lowest BCUT2D eigenvalue weighted by Gasteiger charge is -2.13. The molecule has 0 aromatic heterocycles. The molecule has 0 radical (unpaired) electrons. The van der Waals surface area contributed by atoms with Crippen molar-refractivity contribution in [1.82, 2.24) is 5.43 Å². The van der Waals surface area contributed by atoms with E-state index in [1.165, 1.54) is 31.4 Å². The zero-order valence-corrected chi connectivity index (χ0v) is 16.7. The van der Waals surface area contributed by atoms with Gasteiger partial charge in [0.2, 0.25) is 0 Å². The van der Waals surface area contributed by atoms with Crippen molar-refractivity contribution in [3.8, 4) is 5.75 Å². The fraction of sp³-hybridized carbons (Fsp3) is 0.250. The van der Waals surface area contributed by atoms with Crippen LogP contribution in [0.4, 0.5) is 5.69 Å². The molecule has 9 heteroatoms. The van der Waals surface area contributed by atoms with E-state index in [-0.39, 0.29) is 22.7 Å². The molecule has 3 rings (SSSR count). The Balaban J connectivity index is 1.76. The zero-order chi connectivity index (χ0) is 20.9. The molecule has 29 heavy (non-hydrogen) atoms. The molecule has 2 aromatic rings. The summed E-state index contributed by atoms with van der Waals surface area (Å²) in [4.78, 5) is 23.8. The fourth-order valence-corrected chi connectivity index (χ4v) is 4.04. The molecule has 1 aliphatic carbocycles. The molecule has 0 aliphatic heterocycles. The van der Waals surface area contributed by atoms with Gasteiger partial charge in [0.25, 0.3) is 15.9 Å². The maximum Gasteiger partial charge on any atom is 0.271 e. The van der Waals surface area contributed by atoms with E-state index in [4.69, 9.17) is 4.74 Å². The highest BCUT2D eigenvalue weighted by Crippen LogP contribution is 2.26. The largest absolute Gasteiger partial charge is 0.495 e. The smallest absolute Gasteiger partial charge is 0.271 e. The predicted octanol–water partition coefficient (Wildman–Crippen LogP) is 2.72. The third kappa shape index (κ3) is 5.20. The van der Waals surface area contributed by atoms with Crippen molar-refractivity contribution in [3.63, 3.8) is 0 Å². The van der Waals surface area contributed by atoms with E-state index in [0.717, 1.165) is 6.42 Å². The predicted molar refractivity (Wildman–Crippen MR) is 109 cm³/mol. The zero-order valence-electron chi connectivity index (χ0n) is 15.8. The third-order valence-electron chi connectivity index (χ3n) is 4.40. The molecule has 1 aliphatic rings. The Hall–Kier alpha value is -3.20. The normalized spacial score (nSPS) is 15.8. The fourth-order valence-electron chi connectivity index (χ4n) is 2.92. The minimum absolute atomic E-state index is 0.0726. The second-order valence-electron chi connectivity index (χ2n) is 6.52. The van der Waals surface area contributed by atoms with Gasteiger partial charge in [-0.15, -0.1) is 0 Å². The van der Waals surface area contributed by atoms with Gasteiger partial charge in [0.1, 0.15) is 11.5 Å². The number of methoxy groups -OCH3 is 1. The number of hydrogen-bond donors (Lipinski definition) is 2. The first-order chi connectivity index (χ1) is 13.9. The SMILES string of the molecule is COc1ccccc1NS(=O)(=O)c1cccc(C(=O)N/N=C2/CCCC(=O)C2)c1. The molecule has 2 N–H and O–H groups in total. The first-order valence-electron chi connectivity index (χ1n) is 9.02. The number of anilines is 1. The molecular weight excluding hydrogens is 394 g/mol. The van der Waals surface area contributed by atoms with Crippen LogP contribution in [-0.2, 0) is 14.8 Å². The minimum Gasteiger partial charge on any atom is -0.495 e. The van der Waals surface area contributed by atoms with Gasteiger partial charge in [-0.25, -0.2) is 13.8 Å². The summed E-state index contributed by atoms with van der Waals surface area (Å²) in [5.41, 5.74) is 3.45. The number of para-hydroxylation sites is 2. The van der Waals surface area contributed by atoms with Crippen molar-refractivity contribution in [2.75, 3.05) is 11.8 Å². The average Bonchev–Trinajstić information content (AvgIpc) is 2.72. The number of benzene rings is 2. The summed E-state index contributed by atoms with van der Waals surface area (Å²) in [6.07, 6.45) is 2.14. The highest BCUT2D eigenvalue weighted by Gasteiger charge is 2.19. The number of rotatable bonds is 6. The van der Waals surface area contributed by atoms with Crippen molar-refractivity contribution in [2.24, 2.45) is 5.10 Å². The minimum atomic E-state index is -3.94. The monoisotopic (exact) mass is 415 g/mol. The molecule has 0 spiro atoms. The van der Waals surface area contributed by atoms with Crippen LogP contribution in [-0.4, -0.2) is 32.9 Å². The van der Waals surface area contributed by atoms with Crippen molar-refractivity contribution in [1.29, 1.82) is 0 Å². The average molecular weight is 415 g/mol. The number of amides is 1. The summed E-state index contributed by atoms with van der Waals surface area (Å²) >= 11 is 0. The van der Waals surface area contributed by atoms with Crippen LogP contribution in [0.25, 0.3) is 0 Å².